The van der Waals surface area contributed by atoms with Crippen LogP contribution in [0.15, 0.2) is 30.0 Å². The number of nitro benzene ring substituents is 1. The number of ether oxygens (including phenoxy) is 1. The van der Waals surface area contributed by atoms with Crippen LogP contribution in [0.3, 0.4) is 0 Å². The minimum atomic E-state index is -0.623. The van der Waals surface area contributed by atoms with Crippen LogP contribution in [0.5, 0.6) is 0 Å². The van der Waals surface area contributed by atoms with E-state index in [1.54, 1.807) is 0 Å². The number of hydrogen-bond acceptors (Lipinski definition) is 6. The van der Waals surface area contributed by atoms with Gasteiger partial charge in [-0.05, 0) is 5.56 Å². The number of nitro groups is 2. The average Bonchev–Trinajstić information content (AvgIpc) is 2.42. The highest BCUT2D eigenvalue weighted by atomic mass is 16.6. The molecule has 0 heterocycles. The van der Waals surface area contributed by atoms with Gasteiger partial charge in [0.05, 0.1) is 23.4 Å². The Morgan fingerprint density at radius 1 is 1.30 bits per heavy atom. The van der Waals surface area contributed by atoms with Crippen molar-refractivity contribution in [3.05, 3.63) is 55.8 Å². The van der Waals surface area contributed by atoms with E-state index in [0.717, 1.165) is 0 Å². The minimum absolute atomic E-state index is 0.109. The average molecular weight is 280 g/mol. The number of benzene rings is 1. The maximum absolute atomic E-state index is 11.0. The molecule has 0 saturated carbocycles. The first-order chi connectivity index (χ1) is 9.43. The number of rotatable bonds is 6. The van der Waals surface area contributed by atoms with E-state index in [1.165, 1.54) is 37.5 Å². The zero-order valence-corrected chi connectivity index (χ0v) is 10.6. The summed E-state index contributed by atoms with van der Waals surface area (Å²) in [6.45, 7) is 0. The molecule has 0 radical (unpaired) electrons. The van der Waals surface area contributed by atoms with E-state index >= 15 is 0 Å². The van der Waals surface area contributed by atoms with Crippen molar-refractivity contribution in [2.45, 2.75) is 12.8 Å². The quantitative estimate of drug-likeness (QED) is 0.448. The molecule has 0 N–H and O–H groups in total. The first kappa shape index (κ1) is 15.3. The SMILES string of the molecule is COC(=O)CCC(=Cc1cccc([N+](=O)[O-])c1)[N+](=O)[O-]. The predicted octanol–water partition coefficient (Wildman–Crippen LogP) is 2.17. The molecule has 0 aliphatic heterocycles. The molecule has 8 heteroatoms. The van der Waals surface area contributed by atoms with E-state index in [2.05, 4.69) is 4.74 Å². The van der Waals surface area contributed by atoms with Gasteiger partial charge in [0, 0.05) is 24.6 Å². The first-order valence-corrected chi connectivity index (χ1v) is 5.60. The van der Waals surface area contributed by atoms with E-state index < -0.39 is 15.8 Å². The molecule has 1 rings (SSSR count). The summed E-state index contributed by atoms with van der Waals surface area (Å²) in [5, 5.41) is 21.5. The molecule has 0 fully saturated rings. The summed E-state index contributed by atoms with van der Waals surface area (Å²) in [6, 6.07) is 5.45. The van der Waals surface area contributed by atoms with Gasteiger partial charge < -0.3 is 4.74 Å². The van der Waals surface area contributed by atoms with E-state index in [-0.39, 0.29) is 24.2 Å². The van der Waals surface area contributed by atoms with Gasteiger partial charge in [-0.3, -0.25) is 25.0 Å². The van der Waals surface area contributed by atoms with Crippen LogP contribution in [0.1, 0.15) is 18.4 Å². The molecule has 20 heavy (non-hydrogen) atoms. The Labute approximate surface area is 114 Å². The van der Waals surface area contributed by atoms with Gasteiger partial charge in [0.15, 0.2) is 0 Å². The molecule has 0 unspecified atom stereocenters. The number of allylic oxidation sites excluding steroid dienone is 1. The second-order valence-corrected chi connectivity index (χ2v) is 3.82. The van der Waals surface area contributed by atoms with Gasteiger partial charge in [-0.1, -0.05) is 12.1 Å². The van der Waals surface area contributed by atoms with Crippen molar-refractivity contribution in [3.8, 4) is 0 Å². The van der Waals surface area contributed by atoms with Gasteiger partial charge in [0.1, 0.15) is 0 Å². The monoisotopic (exact) mass is 280 g/mol. The second kappa shape index (κ2) is 6.98. The van der Waals surface area contributed by atoms with Crippen molar-refractivity contribution < 1.29 is 19.4 Å². The summed E-state index contributed by atoms with van der Waals surface area (Å²) >= 11 is 0. The number of non-ortho nitro benzene ring substituents is 1. The summed E-state index contributed by atoms with van der Waals surface area (Å²) in [7, 11) is 1.19. The van der Waals surface area contributed by atoms with Crippen LogP contribution in [0, 0.1) is 20.2 Å². The lowest BCUT2D eigenvalue weighted by atomic mass is 10.1. The number of methoxy groups -OCH3 is 1. The van der Waals surface area contributed by atoms with Gasteiger partial charge >= 0.3 is 5.97 Å². The highest BCUT2D eigenvalue weighted by molar-refractivity contribution is 5.69. The number of hydrogen-bond donors (Lipinski definition) is 0. The van der Waals surface area contributed by atoms with Gasteiger partial charge in [-0.15, -0.1) is 0 Å². The van der Waals surface area contributed by atoms with Crippen LogP contribution < -0.4 is 0 Å². The lowest BCUT2D eigenvalue weighted by Crippen LogP contribution is -2.05. The molecule has 8 nitrogen and oxygen atoms in total. The third-order valence-electron chi connectivity index (χ3n) is 2.46. The topological polar surface area (TPSA) is 113 Å². The highest BCUT2D eigenvalue weighted by Crippen LogP contribution is 2.18. The van der Waals surface area contributed by atoms with Gasteiger partial charge in [0.25, 0.3) is 5.69 Å². The molecule has 106 valence electrons. The van der Waals surface area contributed by atoms with Crippen molar-refractivity contribution in [1.82, 2.24) is 0 Å². The fraction of sp³-hybridized carbons (Fsp3) is 0.250. The molecule has 0 aliphatic carbocycles. The summed E-state index contributed by atoms with van der Waals surface area (Å²) in [5.41, 5.74) is -0.0407. The summed E-state index contributed by atoms with van der Waals surface area (Å²) < 4.78 is 4.40. The number of nitrogens with zero attached hydrogens (tertiary/aromatic N) is 2. The minimum Gasteiger partial charge on any atom is -0.469 e. The molecule has 0 spiro atoms. The van der Waals surface area contributed by atoms with E-state index in [0.29, 0.717) is 5.56 Å². The molecule has 0 atom stereocenters. The van der Waals surface area contributed by atoms with Crippen LogP contribution in [-0.4, -0.2) is 22.9 Å². The van der Waals surface area contributed by atoms with Gasteiger partial charge in [-0.25, -0.2) is 0 Å². The van der Waals surface area contributed by atoms with Crippen molar-refractivity contribution >= 4 is 17.7 Å². The fourth-order valence-electron chi connectivity index (χ4n) is 1.47. The Kier molecular flexibility index (Phi) is 5.33. The molecule has 1 aromatic rings. The zero-order chi connectivity index (χ0) is 15.1. The molecule has 0 bridgehead atoms. The highest BCUT2D eigenvalue weighted by Gasteiger charge is 2.14. The Morgan fingerprint density at radius 2 is 2.00 bits per heavy atom. The Morgan fingerprint density at radius 3 is 2.55 bits per heavy atom. The molecule has 0 aromatic heterocycles. The Hall–Kier alpha value is -2.77. The third-order valence-corrected chi connectivity index (χ3v) is 2.46. The maximum atomic E-state index is 11.0. The maximum Gasteiger partial charge on any atom is 0.306 e. The smallest absolute Gasteiger partial charge is 0.306 e. The van der Waals surface area contributed by atoms with Crippen LogP contribution in [0.4, 0.5) is 5.69 Å². The largest absolute Gasteiger partial charge is 0.469 e. The summed E-state index contributed by atoms with van der Waals surface area (Å²) in [6.07, 6.45) is 0.969. The van der Waals surface area contributed by atoms with Gasteiger partial charge in [0.2, 0.25) is 5.70 Å². The summed E-state index contributed by atoms with van der Waals surface area (Å²) in [4.78, 5) is 31.3. The number of carbonyl (C=O) groups excluding carboxylic acids is 1. The van der Waals surface area contributed by atoms with E-state index in [1.807, 2.05) is 0 Å². The predicted molar refractivity (Wildman–Crippen MR) is 69.3 cm³/mol. The first-order valence-electron chi connectivity index (χ1n) is 5.60. The van der Waals surface area contributed by atoms with Crippen molar-refractivity contribution in [2.75, 3.05) is 7.11 Å². The fourth-order valence-corrected chi connectivity index (χ4v) is 1.47. The summed E-state index contributed by atoms with van der Waals surface area (Å²) in [5.74, 6) is -0.559. The normalized spacial score (nSPS) is 10.9. The van der Waals surface area contributed by atoms with Crippen molar-refractivity contribution in [2.24, 2.45) is 0 Å². The number of carbonyl (C=O) groups is 1. The Balaban J connectivity index is 2.96. The molecule has 0 amide bonds. The standard InChI is InChI=1S/C12H12N2O6/c1-20-12(15)6-5-11(14(18)19)8-9-3-2-4-10(7-9)13(16)17/h2-4,7-8H,5-6H2,1H3. The van der Waals surface area contributed by atoms with Gasteiger partial charge in [-0.2, -0.15) is 0 Å². The third kappa shape index (κ3) is 4.48. The molecule has 1 aromatic carbocycles. The van der Waals surface area contributed by atoms with Crippen molar-refractivity contribution in [3.63, 3.8) is 0 Å². The zero-order valence-electron chi connectivity index (χ0n) is 10.6. The lowest BCUT2D eigenvalue weighted by Gasteiger charge is -1.99. The second-order valence-electron chi connectivity index (χ2n) is 3.82. The molecule has 0 saturated heterocycles. The van der Waals surface area contributed by atoms with Crippen LogP contribution in [0.25, 0.3) is 6.08 Å². The Bertz CT molecular complexity index is 567. The molecular formula is C12H12N2O6. The molecular weight excluding hydrogens is 268 g/mol. The van der Waals surface area contributed by atoms with Crippen molar-refractivity contribution in [1.29, 1.82) is 0 Å². The van der Waals surface area contributed by atoms with Crippen LogP contribution in [-0.2, 0) is 9.53 Å². The molecule has 0 aliphatic rings. The lowest BCUT2D eigenvalue weighted by molar-refractivity contribution is -0.426. The van der Waals surface area contributed by atoms with E-state index in [9.17, 15) is 25.0 Å². The van der Waals surface area contributed by atoms with Crippen LogP contribution >= 0.6 is 0 Å². The number of esters is 1. The van der Waals surface area contributed by atoms with E-state index in [4.69, 9.17) is 0 Å². The van der Waals surface area contributed by atoms with Crippen LogP contribution in [0.2, 0.25) is 0 Å².